The second kappa shape index (κ2) is 7.23. The minimum absolute atomic E-state index is 0.0185. The van der Waals surface area contributed by atoms with Gasteiger partial charge in [-0.05, 0) is 31.2 Å². The first-order valence-electron chi connectivity index (χ1n) is 7.16. The number of benzene rings is 1. The number of para-hydroxylation sites is 1. The van der Waals surface area contributed by atoms with Gasteiger partial charge in [0, 0.05) is 18.5 Å². The van der Waals surface area contributed by atoms with Crippen molar-refractivity contribution in [1.29, 1.82) is 0 Å². The van der Waals surface area contributed by atoms with Gasteiger partial charge in [0.25, 0.3) is 0 Å². The molecule has 6 nitrogen and oxygen atoms in total. The number of nitrogens with zero attached hydrogens (tertiary/aromatic N) is 2. The molecule has 1 amide bonds. The Morgan fingerprint density at radius 1 is 1.17 bits per heavy atom. The molecule has 0 radical (unpaired) electrons. The number of carbonyl (C=O) groups excluding carboxylic acids is 1. The van der Waals surface area contributed by atoms with Crippen LogP contribution in [-0.2, 0) is 14.6 Å². The number of carbonyl (C=O) groups is 1. The summed E-state index contributed by atoms with van der Waals surface area (Å²) in [4.78, 5) is 17.9. The first kappa shape index (κ1) is 17.0. The van der Waals surface area contributed by atoms with E-state index in [1.165, 1.54) is 18.3 Å². The van der Waals surface area contributed by atoms with Gasteiger partial charge in [-0.3, -0.25) is 4.79 Å². The van der Waals surface area contributed by atoms with E-state index in [9.17, 15) is 13.2 Å². The molecule has 0 unspecified atom stereocenters. The highest BCUT2D eigenvalue weighted by Gasteiger charge is 2.12. The van der Waals surface area contributed by atoms with E-state index in [4.69, 9.17) is 0 Å². The van der Waals surface area contributed by atoms with Crippen LogP contribution in [0.4, 0.5) is 11.4 Å². The number of likely N-dealkylation sites (N-methyl/N-ethyl adjacent to an activating group) is 1. The smallest absolute Gasteiger partial charge is 0.243 e. The predicted molar refractivity (Wildman–Crippen MR) is 90.3 cm³/mol. The van der Waals surface area contributed by atoms with Gasteiger partial charge in [-0.1, -0.05) is 18.2 Å². The number of pyridine rings is 1. The number of rotatable bonds is 6. The van der Waals surface area contributed by atoms with E-state index in [1.807, 2.05) is 42.2 Å². The van der Waals surface area contributed by atoms with Crippen LogP contribution in [0.3, 0.4) is 0 Å². The molecular weight excluding hydrogens is 314 g/mol. The quantitative estimate of drug-likeness (QED) is 0.874. The number of sulfone groups is 1. The maximum absolute atomic E-state index is 12.1. The molecule has 0 aliphatic carbocycles. The van der Waals surface area contributed by atoms with Crippen molar-refractivity contribution in [3.63, 3.8) is 0 Å². The average Bonchev–Trinajstić information content (AvgIpc) is 2.53. The Morgan fingerprint density at radius 2 is 1.87 bits per heavy atom. The van der Waals surface area contributed by atoms with Gasteiger partial charge in [0.05, 0.1) is 18.4 Å². The Balaban J connectivity index is 2.01. The molecule has 0 bridgehead atoms. The molecule has 1 N–H and O–H groups in total. The Morgan fingerprint density at radius 3 is 2.39 bits per heavy atom. The van der Waals surface area contributed by atoms with Crippen LogP contribution in [0, 0.1) is 0 Å². The van der Waals surface area contributed by atoms with Gasteiger partial charge in [0.1, 0.15) is 0 Å². The predicted octanol–water partition coefficient (Wildman–Crippen LogP) is 1.95. The molecule has 23 heavy (non-hydrogen) atoms. The lowest BCUT2D eigenvalue weighted by Gasteiger charge is -2.22. The number of nitrogens with one attached hydrogen (secondary N) is 1. The van der Waals surface area contributed by atoms with Gasteiger partial charge < -0.3 is 10.2 Å². The van der Waals surface area contributed by atoms with Crippen LogP contribution in [0.2, 0.25) is 0 Å². The van der Waals surface area contributed by atoms with E-state index in [0.717, 1.165) is 11.9 Å². The van der Waals surface area contributed by atoms with Crippen LogP contribution in [0.25, 0.3) is 0 Å². The lowest BCUT2D eigenvalue weighted by molar-refractivity contribution is -0.115. The maximum Gasteiger partial charge on any atom is 0.243 e. The standard InChI is InChI=1S/C16H19N3O3S/c1-3-19(14-7-5-4-6-8-14)12-15(20)18-13-9-10-16(17-11-13)23(2,21)22/h4-11H,3,12H2,1-2H3,(H,18,20). The summed E-state index contributed by atoms with van der Waals surface area (Å²) in [6.07, 6.45) is 2.43. The molecule has 0 aliphatic heterocycles. The van der Waals surface area contributed by atoms with Crippen LogP contribution in [0.5, 0.6) is 0 Å². The molecule has 1 heterocycles. The third-order valence-corrected chi connectivity index (χ3v) is 4.24. The molecule has 7 heteroatoms. The molecule has 122 valence electrons. The van der Waals surface area contributed by atoms with Crippen molar-refractivity contribution in [1.82, 2.24) is 4.98 Å². The summed E-state index contributed by atoms with van der Waals surface area (Å²) in [7, 11) is -3.34. The highest BCUT2D eigenvalue weighted by atomic mass is 32.2. The van der Waals surface area contributed by atoms with Crippen molar-refractivity contribution in [2.75, 3.05) is 29.6 Å². The summed E-state index contributed by atoms with van der Waals surface area (Å²) in [5, 5.41) is 2.70. The van der Waals surface area contributed by atoms with Gasteiger partial charge in [-0.25, -0.2) is 13.4 Å². The lowest BCUT2D eigenvalue weighted by Crippen LogP contribution is -2.33. The van der Waals surface area contributed by atoms with Crippen molar-refractivity contribution < 1.29 is 13.2 Å². The zero-order valence-corrected chi connectivity index (χ0v) is 13.9. The van der Waals surface area contributed by atoms with E-state index < -0.39 is 9.84 Å². The molecule has 0 saturated heterocycles. The summed E-state index contributed by atoms with van der Waals surface area (Å²) in [6, 6.07) is 12.6. The summed E-state index contributed by atoms with van der Waals surface area (Å²) in [5.41, 5.74) is 1.43. The molecular formula is C16H19N3O3S. The summed E-state index contributed by atoms with van der Waals surface area (Å²) < 4.78 is 22.7. The zero-order valence-electron chi connectivity index (χ0n) is 13.1. The maximum atomic E-state index is 12.1. The third kappa shape index (κ3) is 4.79. The molecule has 0 saturated carbocycles. The van der Waals surface area contributed by atoms with Gasteiger partial charge in [0.2, 0.25) is 5.91 Å². The fraction of sp³-hybridized carbons (Fsp3) is 0.250. The second-order valence-corrected chi connectivity index (χ2v) is 7.02. The van der Waals surface area contributed by atoms with Crippen LogP contribution in [0.15, 0.2) is 53.7 Å². The number of hydrogen-bond donors (Lipinski definition) is 1. The second-order valence-electron chi connectivity index (χ2n) is 5.06. The lowest BCUT2D eigenvalue weighted by atomic mass is 10.3. The van der Waals surface area contributed by atoms with Crippen LogP contribution < -0.4 is 10.2 Å². The fourth-order valence-electron chi connectivity index (χ4n) is 2.07. The van der Waals surface area contributed by atoms with E-state index in [2.05, 4.69) is 10.3 Å². The van der Waals surface area contributed by atoms with Gasteiger partial charge in [-0.15, -0.1) is 0 Å². The van der Waals surface area contributed by atoms with E-state index in [1.54, 1.807) is 0 Å². The largest absolute Gasteiger partial charge is 0.362 e. The molecule has 0 fully saturated rings. The zero-order chi connectivity index (χ0) is 16.9. The molecule has 0 aliphatic rings. The van der Waals surface area contributed by atoms with Crippen molar-refractivity contribution >= 4 is 27.1 Å². The van der Waals surface area contributed by atoms with Gasteiger partial charge in [0.15, 0.2) is 14.9 Å². The Labute approximate surface area is 136 Å². The molecule has 2 rings (SSSR count). The van der Waals surface area contributed by atoms with Crippen LogP contribution in [-0.4, -0.2) is 38.7 Å². The normalized spacial score (nSPS) is 11.0. The summed E-state index contributed by atoms with van der Waals surface area (Å²) >= 11 is 0. The number of amides is 1. The fourth-order valence-corrected chi connectivity index (χ4v) is 2.63. The van der Waals surface area contributed by atoms with Crippen molar-refractivity contribution in [3.05, 3.63) is 48.7 Å². The SMILES string of the molecule is CCN(CC(=O)Nc1ccc(S(C)(=O)=O)nc1)c1ccccc1. The number of aromatic nitrogens is 1. The van der Waals surface area contributed by atoms with Crippen LogP contribution in [0.1, 0.15) is 6.92 Å². The average molecular weight is 333 g/mol. The molecule has 2 aromatic rings. The molecule has 0 atom stereocenters. The Kier molecular flexibility index (Phi) is 5.33. The van der Waals surface area contributed by atoms with Crippen molar-refractivity contribution in [2.24, 2.45) is 0 Å². The van der Waals surface area contributed by atoms with Crippen LogP contribution >= 0.6 is 0 Å². The van der Waals surface area contributed by atoms with E-state index in [0.29, 0.717) is 12.2 Å². The molecule has 0 spiro atoms. The summed E-state index contributed by atoms with van der Waals surface area (Å²) in [5.74, 6) is -0.190. The summed E-state index contributed by atoms with van der Waals surface area (Å²) in [6.45, 7) is 2.87. The highest BCUT2D eigenvalue weighted by Crippen LogP contribution is 2.14. The minimum atomic E-state index is -3.34. The minimum Gasteiger partial charge on any atom is -0.362 e. The number of anilines is 2. The monoisotopic (exact) mass is 333 g/mol. The van der Waals surface area contributed by atoms with Crippen molar-refractivity contribution in [3.8, 4) is 0 Å². The first-order chi connectivity index (χ1) is 10.9. The topological polar surface area (TPSA) is 79.4 Å². The molecule has 1 aromatic heterocycles. The third-order valence-electron chi connectivity index (χ3n) is 3.24. The van der Waals surface area contributed by atoms with E-state index >= 15 is 0 Å². The van der Waals surface area contributed by atoms with Gasteiger partial charge >= 0.3 is 0 Å². The number of hydrogen-bond acceptors (Lipinski definition) is 5. The Hall–Kier alpha value is -2.41. The van der Waals surface area contributed by atoms with Crippen molar-refractivity contribution in [2.45, 2.75) is 11.9 Å². The first-order valence-corrected chi connectivity index (χ1v) is 9.05. The highest BCUT2D eigenvalue weighted by molar-refractivity contribution is 7.90. The Bertz CT molecular complexity index is 759. The van der Waals surface area contributed by atoms with Gasteiger partial charge in [-0.2, -0.15) is 0 Å². The molecule has 1 aromatic carbocycles. The van der Waals surface area contributed by atoms with E-state index in [-0.39, 0.29) is 17.5 Å².